The van der Waals surface area contributed by atoms with Crippen molar-refractivity contribution in [2.24, 2.45) is 0 Å². The molecule has 6 heteroatoms. The van der Waals surface area contributed by atoms with Crippen molar-refractivity contribution in [3.05, 3.63) is 35.3 Å². The number of carbonyl (C=O) groups is 1. The van der Waals surface area contributed by atoms with Gasteiger partial charge in [-0.1, -0.05) is 6.92 Å². The topological polar surface area (TPSA) is 59.8 Å². The van der Waals surface area contributed by atoms with E-state index in [1.54, 1.807) is 29.9 Å². The second-order valence-corrected chi connectivity index (χ2v) is 4.18. The van der Waals surface area contributed by atoms with E-state index in [4.69, 9.17) is 0 Å². The predicted molar refractivity (Wildman–Crippen MR) is 61.3 cm³/mol. The summed E-state index contributed by atoms with van der Waals surface area (Å²) in [5, 5.41) is 5.73. The lowest BCUT2D eigenvalue weighted by Gasteiger charge is -2.14. The van der Waals surface area contributed by atoms with Crippen molar-refractivity contribution in [2.75, 3.05) is 0 Å². The minimum Gasteiger partial charge on any atom is -0.328 e. The Morgan fingerprint density at radius 2 is 2.50 bits per heavy atom. The van der Waals surface area contributed by atoms with Crippen LogP contribution in [0.1, 0.15) is 24.4 Å². The number of aromatic nitrogens is 3. The molecule has 0 saturated carbocycles. The zero-order valence-electron chi connectivity index (χ0n) is 8.83. The molecule has 0 fully saturated rings. The molecule has 1 N–H and O–H groups in total. The highest BCUT2D eigenvalue weighted by Crippen LogP contribution is 2.18. The molecule has 0 aliphatic carbocycles. The van der Waals surface area contributed by atoms with E-state index in [0.717, 1.165) is 11.4 Å². The van der Waals surface area contributed by atoms with Crippen LogP contribution in [0.2, 0.25) is 0 Å². The average molecular weight is 236 g/mol. The lowest BCUT2D eigenvalue weighted by atomic mass is 10.2. The van der Waals surface area contributed by atoms with Gasteiger partial charge in [-0.2, -0.15) is 0 Å². The third-order valence-electron chi connectivity index (χ3n) is 2.19. The number of rotatable bonds is 3. The summed E-state index contributed by atoms with van der Waals surface area (Å²) in [5.74, 6) is 0. The minimum absolute atomic E-state index is 0.0325. The Bertz CT molecular complexity index is 437. The maximum absolute atomic E-state index is 11.8. The molecule has 2 aromatic heterocycles. The van der Waals surface area contributed by atoms with Crippen molar-refractivity contribution in [3.8, 4) is 0 Å². The molecule has 0 saturated heterocycles. The van der Waals surface area contributed by atoms with Gasteiger partial charge in [-0.15, -0.1) is 11.3 Å². The number of nitrogens with zero attached hydrogens (tertiary/aromatic N) is 3. The standard InChI is InChI=1S/C10H12N4OS/c1-2-8(9-12-4-6-16-9)13-10(15)14-5-3-11-7-14/h3-8H,2H2,1H3,(H,13,15). The summed E-state index contributed by atoms with van der Waals surface area (Å²) in [6.45, 7) is 2.01. The molecule has 0 aromatic carbocycles. The minimum atomic E-state index is -0.181. The van der Waals surface area contributed by atoms with Gasteiger partial charge in [-0.3, -0.25) is 4.57 Å². The molecule has 0 radical (unpaired) electrons. The second-order valence-electron chi connectivity index (χ2n) is 3.25. The zero-order valence-corrected chi connectivity index (χ0v) is 9.65. The molecule has 2 aromatic rings. The maximum atomic E-state index is 11.8. The number of hydrogen-bond acceptors (Lipinski definition) is 4. The Morgan fingerprint density at radius 3 is 3.06 bits per heavy atom. The van der Waals surface area contributed by atoms with E-state index >= 15 is 0 Å². The summed E-state index contributed by atoms with van der Waals surface area (Å²) >= 11 is 1.54. The fourth-order valence-corrected chi connectivity index (χ4v) is 2.12. The van der Waals surface area contributed by atoms with E-state index < -0.39 is 0 Å². The van der Waals surface area contributed by atoms with Crippen LogP contribution in [-0.4, -0.2) is 20.6 Å². The summed E-state index contributed by atoms with van der Waals surface area (Å²) in [6, 6.07) is -0.213. The van der Waals surface area contributed by atoms with Crippen molar-refractivity contribution < 1.29 is 4.79 Å². The maximum Gasteiger partial charge on any atom is 0.327 e. The molecule has 0 bridgehead atoms. The van der Waals surface area contributed by atoms with Crippen molar-refractivity contribution in [1.29, 1.82) is 0 Å². The normalized spacial score (nSPS) is 12.3. The number of amides is 1. The zero-order chi connectivity index (χ0) is 11.4. The van der Waals surface area contributed by atoms with Gasteiger partial charge < -0.3 is 5.32 Å². The van der Waals surface area contributed by atoms with E-state index in [1.807, 2.05) is 12.3 Å². The SMILES string of the molecule is CCC(NC(=O)n1ccnc1)c1nccs1. The number of nitrogens with one attached hydrogen (secondary N) is 1. The first-order valence-electron chi connectivity index (χ1n) is 4.99. The first-order valence-corrected chi connectivity index (χ1v) is 5.87. The highest BCUT2D eigenvalue weighted by molar-refractivity contribution is 7.09. The molecule has 84 valence electrons. The van der Waals surface area contributed by atoms with Crippen LogP contribution in [0.15, 0.2) is 30.3 Å². The van der Waals surface area contributed by atoms with Gasteiger partial charge >= 0.3 is 6.03 Å². The highest BCUT2D eigenvalue weighted by Gasteiger charge is 2.15. The number of imidazole rings is 1. The number of thiazole rings is 1. The molecule has 1 atom stereocenters. The first-order chi connectivity index (χ1) is 7.81. The average Bonchev–Trinajstić information content (AvgIpc) is 2.96. The van der Waals surface area contributed by atoms with Gasteiger partial charge in [-0.25, -0.2) is 14.8 Å². The monoisotopic (exact) mass is 236 g/mol. The van der Waals surface area contributed by atoms with Crippen LogP contribution in [0.5, 0.6) is 0 Å². The molecule has 16 heavy (non-hydrogen) atoms. The molecule has 2 heterocycles. The van der Waals surface area contributed by atoms with Crippen LogP contribution in [0.25, 0.3) is 0 Å². The smallest absolute Gasteiger partial charge is 0.327 e. The third-order valence-corrected chi connectivity index (χ3v) is 3.08. The molecular formula is C10H12N4OS. The van der Waals surface area contributed by atoms with Crippen molar-refractivity contribution in [1.82, 2.24) is 19.9 Å². The Kier molecular flexibility index (Phi) is 3.31. The summed E-state index contributed by atoms with van der Waals surface area (Å²) in [6.07, 6.45) is 7.22. The Morgan fingerprint density at radius 1 is 1.62 bits per heavy atom. The molecule has 1 unspecified atom stereocenters. The van der Waals surface area contributed by atoms with Crippen molar-refractivity contribution in [2.45, 2.75) is 19.4 Å². The fourth-order valence-electron chi connectivity index (χ4n) is 1.35. The first kappa shape index (κ1) is 10.8. The highest BCUT2D eigenvalue weighted by atomic mass is 32.1. The van der Waals surface area contributed by atoms with Gasteiger partial charge in [0.2, 0.25) is 0 Å². The van der Waals surface area contributed by atoms with Crippen molar-refractivity contribution in [3.63, 3.8) is 0 Å². The van der Waals surface area contributed by atoms with E-state index in [-0.39, 0.29) is 12.1 Å². The fraction of sp³-hybridized carbons (Fsp3) is 0.300. The Balaban J connectivity index is 2.05. The molecule has 0 aliphatic heterocycles. The number of carbonyl (C=O) groups excluding carboxylic acids is 1. The van der Waals surface area contributed by atoms with Gasteiger partial charge in [0.25, 0.3) is 0 Å². The van der Waals surface area contributed by atoms with Crippen LogP contribution >= 0.6 is 11.3 Å². The van der Waals surface area contributed by atoms with Gasteiger partial charge in [0.15, 0.2) is 0 Å². The van der Waals surface area contributed by atoms with Crippen LogP contribution < -0.4 is 5.32 Å². The lowest BCUT2D eigenvalue weighted by molar-refractivity contribution is 0.238. The van der Waals surface area contributed by atoms with Gasteiger partial charge in [-0.05, 0) is 6.42 Å². The van der Waals surface area contributed by atoms with Gasteiger partial charge in [0.05, 0.1) is 6.04 Å². The van der Waals surface area contributed by atoms with Crippen LogP contribution in [0.3, 0.4) is 0 Å². The van der Waals surface area contributed by atoms with Crippen LogP contribution in [-0.2, 0) is 0 Å². The quantitative estimate of drug-likeness (QED) is 0.887. The summed E-state index contributed by atoms with van der Waals surface area (Å²) in [4.78, 5) is 19.8. The summed E-state index contributed by atoms with van der Waals surface area (Å²) in [5.41, 5.74) is 0. The van der Waals surface area contributed by atoms with E-state index in [0.29, 0.717) is 0 Å². The predicted octanol–water partition coefficient (Wildman–Crippen LogP) is 2.05. The van der Waals surface area contributed by atoms with Gasteiger partial charge in [0.1, 0.15) is 11.3 Å². The summed E-state index contributed by atoms with van der Waals surface area (Å²) in [7, 11) is 0. The molecule has 1 amide bonds. The number of hydrogen-bond donors (Lipinski definition) is 1. The lowest BCUT2D eigenvalue weighted by Crippen LogP contribution is -2.31. The van der Waals surface area contributed by atoms with Gasteiger partial charge in [0, 0.05) is 24.0 Å². The van der Waals surface area contributed by atoms with Crippen LogP contribution in [0.4, 0.5) is 4.79 Å². The summed E-state index contributed by atoms with van der Waals surface area (Å²) < 4.78 is 1.41. The molecule has 0 aliphatic rings. The molecular weight excluding hydrogens is 224 g/mol. The van der Waals surface area contributed by atoms with E-state index in [9.17, 15) is 4.79 Å². The van der Waals surface area contributed by atoms with Crippen LogP contribution in [0, 0.1) is 0 Å². The van der Waals surface area contributed by atoms with E-state index in [2.05, 4.69) is 15.3 Å². The third kappa shape index (κ3) is 2.27. The largest absolute Gasteiger partial charge is 0.328 e. The second kappa shape index (κ2) is 4.89. The van der Waals surface area contributed by atoms with Crippen molar-refractivity contribution >= 4 is 17.4 Å². The molecule has 2 rings (SSSR count). The Labute approximate surface area is 97.2 Å². The molecule has 0 spiro atoms. The van der Waals surface area contributed by atoms with E-state index in [1.165, 1.54) is 10.9 Å². The molecule has 5 nitrogen and oxygen atoms in total. The Hall–Kier alpha value is -1.69.